The summed E-state index contributed by atoms with van der Waals surface area (Å²) in [6, 6.07) is 0. The molecule has 3 aliphatic rings. The Morgan fingerprint density at radius 1 is 1.13 bits per heavy atom. The number of hydrogen-bond acceptors (Lipinski definition) is 5. The van der Waals surface area contributed by atoms with Crippen LogP contribution >= 0.6 is 11.3 Å². The maximum absolute atomic E-state index is 12.8. The van der Waals surface area contributed by atoms with Crippen LogP contribution in [-0.4, -0.2) is 47.2 Å². The number of carbonyl (C=O) groups excluding carboxylic acids is 1. The highest BCUT2D eigenvalue weighted by atomic mass is 32.1. The number of carbonyl (C=O) groups is 1. The van der Waals surface area contributed by atoms with Gasteiger partial charge in [0.05, 0.1) is 5.92 Å². The Balaban J connectivity index is 1.37. The van der Waals surface area contributed by atoms with Crippen LogP contribution in [0.5, 0.6) is 0 Å². The molecule has 3 atom stereocenters. The third-order valence-corrected chi connectivity index (χ3v) is 7.05. The van der Waals surface area contributed by atoms with E-state index in [9.17, 15) is 4.79 Å². The zero-order valence-corrected chi connectivity index (χ0v) is 14.9. The molecule has 126 valence electrons. The fraction of sp³-hybridized carbons (Fsp3) is 0.824. The lowest BCUT2D eigenvalue weighted by Crippen LogP contribution is -2.36. The van der Waals surface area contributed by atoms with Crippen LogP contribution in [0.1, 0.15) is 50.5 Å². The van der Waals surface area contributed by atoms with Gasteiger partial charge in [-0.3, -0.25) is 4.79 Å². The molecule has 6 heteroatoms. The van der Waals surface area contributed by atoms with Crippen molar-refractivity contribution in [3.8, 4) is 0 Å². The molecule has 0 spiro atoms. The first-order valence-electron chi connectivity index (χ1n) is 8.99. The van der Waals surface area contributed by atoms with Gasteiger partial charge in [-0.25, -0.2) is 0 Å². The molecule has 3 heterocycles. The number of fused-ring (bicyclic) bond motifs is 1. The van der Waals surface area contributed by atoms with E-state index in [4.69, 9.17) is 0 Å². The minimum absolute atomic E-state index is 0.153. The molecular formula is C17H26N4OS. The van der Waals surface area contributed by atoms with Gasteiger partial charge in [0, 0.05) is 32.1 Å². The summed E-state index contributed by atoms with van der Waals surface area (Å²) < 4.78 is 0. The van der Waals surface area contributed by atoms with Crippen LogP contribution in [0.3, 0.4) is 0 Å². The van der Waals surface area contributed by atoms with Crippen LogP contribution in [0.4, 0.5) is 5.13 Å². The van der Waals surface area contributed by atoms with Crippen LogP contribution in [0.15, 0.2) is 0 Å². The molecule has 0 N–H and O–H groups in total. The molecule has 4 rings (SSSR count). The molecule has 1 aromatic rings. The largest absolute Gasteiger partial charge is 0.346 e. The van der Waals surface area contributed by atoms with E-state index < -0.39 is 0 Å². The Morgan fingerprint density at radius 3 is 2.52 bits per heavy atom. The lowest BCUT2D eigenvalue weighted by Gasteiger charge is -2.21. The number of aromatic nitrogens is 2. The zero-order valence-electron chi connectivity index (χ0n) is 14.1. The van der Waals surface area contributed by atoms with Crippen molar-refractivity contribution < 1.29 is 4.79 Å². The van der Waals surface area contributed by atoms with Gasteiger partial charge in [-0.2, -0.15) is 0 Å². The van der Waals surface area contributed by atoms with Gasteiger partial charge in [0.1, 0.15) is 5.01 Å². The molecule has 3 fully saturated rings. The zero-order chi connectivity index (χ0) is 16.0. The molecule has 3 unspecified atom stereocenters. The SMILES string of the molecule is CC(C)c1nnc(N2CCC(C(=O)N3CC4CCCC4C3)C2)s1. The molecule has 1 amide bonds. The highest BCUT2D eigenvalue weighted by Gasteiger charge is 2.41. The van der Waals surface area contributed by atoms with E-state index >= 15 is 0 Å². The highest BCUT2D eigenvalue weighted by Crippen LogP contribution is 2.39. The molecule has 1 aliphatic carbocycles. The molecule has 0 radical (unpaired) electrons. The van der Waals surface area contributed by atoms with E-state index in [1.54, 1.807) is 11.3 Å². The molecule has 1 aromatic heterocycles. The summed E-state index contributed by atoms with van der Waals surface area (Å²) in [6.07, 6.45) is 4.98. The Labute approximate surface area is 142 Å². The maximum Gasteiger partial charge on any atom is 0.227 e. The molecule has 2 aliphatic heterocycles. The van der Waals surface area contributed by atoms with Gasteiger partial charge in [0.2, 0.25) is 11.0 Å². The fourth-order valence-electron chi connectivity index (χ4n) is 4.40. The van der Waals surface area contributed by atoms with Gasteiger partial charge < -0.3 is 9.80 Å². The van der Waals surface area contributed by atoms with Crippen molar-refractivity contribution in [1.29, 1.82) is 0 Å². The average Bonchev–Trinajstić information content (AvgIpc) is 3.26. The van der Waals surface area contributed by atoms with Gasteiger partial charge in [-0.05, 0) is 31.1 Å². The van der Waals surface area contributed by atoms with E-state index in [1.807, 2.05) is 0 Å². The van der Waals surface area contributed by atoms with Crippen LogP contribution in [0, 0.1) is 17.8 Å². The first kappa shape index (κ1) is 15.4. The Hall–Kier alpha value is -1.17. The summed E-state index contributed by atoms with van der Waals surface area (Å²) >= 11 is 1.68. The third kappa shape index (κ3) is 2.86. The minimum atomic E-state index is 0.153. The van der Waals surface area contributed by atoms with Crippen LogP contribution < -0.4 is 4.90 Å². The smallest absolute Gasteiger partial charge is 0.227 e. The Bertz CT molecular complexity index is 575. The maximum atomic E-state index is 12.8. The van der Waals surface area contributed by atoms with E-state index in [0.717, 1.165) is 54.6 Å². The van der Waals surface area contributed by atoms with Crippen LogP contribution in [0.2, 0.25) is 0 Å². The van der Waals surface area contributed by atoms with Crippen molar-refractivity contribution in [2.24, 2.45) is 17.8 Å². The second-order valence-electron chi connectivity index (χ2n) is 7.70. The number of rotatable bonds is 3. The quantitative estimate of drug-likeness (QED) is 0.853. The van der Waals surface area contributed by atoms with E-state index in [1.165, 1.54) is 19.3 Å². The van der Waals surface area contributed by atoms with Crippen molar-refractivity contribution in [2.75, 3.05) is 31.1 Å². The predicted octanol–water partition coefficient (Wildman–Crippen LogP) is 2.75. The summed E-state index contributed by atoms with van der Waals surface area (Å²) in [6.45, 7) is 8.06. The molecule has 0 bridgehead atoms. The number of anilines is 1. The third-order valence-electron chi connectivity index (χ3n) is 5.77. The van der Waals surface area contributed by atoms with Crippen molar-refractivity contribution in [2.45, 2.75) is 45.4 Å². The van der Waals surface area contributed by atoms with Gasteiger partial charge in [-0.15, -0.1) is 10.2 Å². The van der Waals surface area contributed by atoms with Crippen molar-refractivity contribution in [3.05, 3.63) is 5.01 Å². The molecular weight excluding hydrogens is 308 g/mol. The van der Waals surface area contributed by atoms with Crippen molar-refractivity contribution in [1.82, 2.24) is 15.1 Å². The number of amides is 1. The summed E-state index contributed by atoms with van der Waals surface area (Å²) in [5, 5.41) is 10.7. The predicted molar refractivity (Wildman–Crippen MR) is 91.7 cm³/mol. The van der Waals surface area contributed by atoms with Crippen LogP contribution in [-0.2, 0) is 4.79 Å². The monoisotopic (exact) mass is 334 g/mol. The fourth-order valence-corrected chi connectivity index (χ4v) is 5.28. The second-order valence-corrected chi connectivity index (χ2v) is 8.69. The normalized spacial score (nSPS) is 30.5. The Morgan fingerprint density at radius 2 is 1.87 bits per heavy atom. The van der Waals surface area contributed by atoms with Gasteiger partial charge >= 0.3 is 0 Å². The summed E-state index contributed by atoms with van der Waals surface area (Å²) in [5.41, 5.74) is 0. The second kappa shape index (κ2) is 6.04. The summed E-state index contributed by atoms with van der Waals surface area (Å²) in [4.78, 5) is 17.2. The van der Waals surface area contributed by atoms with E-state index in [0.29, 0.717) is 11.8 Å². The highest BCUT2D eigenvalue weighted by molar-refractivity contribution is 7.15. The topological polar surface area (TPSA) is 49.3 Å². The van der Waals surface area contributed by atoms with E-state index in [-0.39, 0.29) is 5.92 Å². The molecule has 23 heavy (non-hydrogen) atoms. The summed E-state index contributed by atoms with van der Waals surface area (Å²) in [7, 11) is 0. The number of hydrogen-bond donors (Lipinski definition) is 0. The minimum Gasteiger partial charge on any atom is -0.346 e. The van der Waals surface area contributed by atoms with Gasteiger partial charge in [0.25, 0.3) is 0 Å². The average molecular weight is 334 g/mol. The lowest BCUT2D eigenvalue weighted by atomic mass is 10.0. The van der Waals surface area contributed by atoms with E-state index in [2.05, 4.69) is 33.8 Å². The molecule has 0 aromatic carbocycles. The van der Waals surface area contributed by atoms with Gasteiger partial charge in [-0.1, -0.05) is 31.6 Å². The summed E-state index contributed by atoms with van der Waals surface area (Å²) in [5.74, 6) is 2.53. The van der Waals surface area contributed by atoms with Crippen molar-refractivity contribution in [3.63, 3.8) is 0 Å². The number of nitrogens with zero attached hydrogens (tertiary/aromatic N) is 4. The molecule has 5 nitrogen and oxygen atoms in total. The molecule has 2 saturated heterocycles. The lowest BCUT2D eigenvalue weighted by molar-refractivity contribution is -0.134. The standard InChI is InChI=1S/C17H26N4OS/c1-11(2)15-18-19-17(23-15)20-7-6-14(10-20)16(22)21-8-12-4-3-5-13(12)9-21/h11-14H,3-10H2,1-2H3. The first-order chi connectivity index (χ1) is 11.1. The van der Waals surface area contributed by atoms with Crippen LogP contribution in [0.25, 0.3) is 0 Å². The Kier molecular flexibility index (Phi) is 4.03. The first-order valence-corrected chi connectivity index (χ1v) is 9.80. The molecule has 1 saturated carbocycles. The van der Waals surface area contributed by atoms with Crippen molar-refractivity contribution >= 4 is 22.4 Å². The number of likely N-dealkylation sites (tertiary alicyclic amines) is 1. The van der Waals surface area contributed by atoms with Gasteiger partial charge in [0.15, 0.2) is 0 Å².